The highest BCUT2D eigenvalue weighted by Gasteiger charge is 2.23. The van der Waals surface area contributed by atoms with Gasteiger partial charge in [0, 0.05) is 39.1 Å². The molecule has 1 aliphatic heterocycles. The SMILES string of the molecule is CC(C)CNC(=O)CN1CCN(C(=O)CCC2CCCC2)CC1. The van der Waals surface area contributed by atoms with Gasteiger partial charge in [0.25, 0.3) is 0 Å². The van der Waals surface area contributed by atoms with Crippen LogP contribution in [-0.2, 0) is 9.59 Å². The van der Waals surface area contributed by atoms with Gasteiger partial charge in [-0.15, -0.1) is 0 Å². The first-order valence-electron chi connectivity index (χ1n) is 9.31. The van der Waals surface area contributed by atoms with Crippen LogP contribution in [-0.4, -0.2) is 60.9 Å². The topological polar surface area (TPSA) is 52.7 Å². The summed E-state index contributed by atoms with van der Waals surface area (Å²) in [4.78, 5) is 28.3. The molecule has 0 bridgehead atoms. The number of carbonyl (C=O) groups excluding carboxylic acids is 2. The molecule has 1 saturated carbocycles. The van der Waals surface area contributed by atoms with Crippen molar-refractivity contribution in [3.8, 4) is 0 Å². The lowest BCUT2D eigenvalue weighted by Gasteiger charge is -2.34. The Balaban J connectivity index is 1.60. The van der Waals surface area contributed by atoms with Crippen LogP contribution >= 0.6 is 0 Å². The van der Waals surface area contributed by atoms with Crippen molar-refractivity contribution in [3.05, 3.63) is 0 Å². The first kappa shape index (κ1) is 18.2. The first-order valence-corrected chi connectivity index (χ1v) is 9.31. The van der Waals surface area contributed by atoms with Gasteiger partial charge in [0.2, 0.25) is 11.8 Å². The number of rotatable bonds is 7. The number of carbonyl (C=O) groups is 2. The molecule has 1 saturated heterocycles. The van der Waals surface area contributed by atoms with Gasteiger partial charge in [0.05, 0.1) is 6.54 Å². The number of nitrogens with one attached hydrogen (secondary N) is 1. The average Bonchev–Trinajstić information content (AvgIpc) is 3.05. The Hall–Kier alpha value is -1.10. The van der Waals surface area contributed by atoms with Gasteiger partial charge in [-0.3, -0.25) is 14.5 Å². The second-order valence-corrected chi connectivity index (χ2v) is 7.54. The Bertz CT molecular complexity index is 384. The molecule has 0 aromatic heterocycles. The van der Waals surface area contributed by atoms with E-state index in [-0.39, 0.29) is 5.91 Å². The second kappa shape index (κ2) is 9.26. The lowest BCUT2D eigenvalue weighted by atomic mass is 10.0. The van der Waals surface area contributed by atoms with Crippen LogP contribution in [0.15, 0.2) is 0 Å². The maximum absolute atomic E-state index is 12.3. The van der Waals surface area contributed by atoms with E-state index in [0.717, 1.165) is 45.1 Å². The highest BCUT2D eigenvalue weighted by atomic mass is 16.2. The van der Waals surface area contributed by atoms with Crippen molar-refractivity contribution in [2.24, 2.45) is 11.8 Å². The summed E-state index contributed by atoms with van der Waals surface area (Å²) in [7, 11) is 0. The van der Waals surface area contributed by atoms with Crippen molar-refractivity contribution in [2.75, 3.05) is 39.3 Å². The van der Waals surface area contributed by atoms with E-state index in [0.29, 0.717) is 24.8 Å². The second-order valence-electron chi connectivity index (χ2n) is 7.54. The minimum atomic E-state index is 0.0970. The summed E-state index contributed by atoms with van der Waals surface area (Å²) in [6.45, 7) is 8.53. The number of hydrogen-bond acceptors (Lipinski definition) is 3. The van der Waals surface area contributed by atoms with Crippen molar-refractivity contribution < 1.29 is 9.59 Å². The summed E-state index contributed by atoms with van der Waals surface area (Å²) in [5, 5.41) is 2.95. The third-order valence-corrected chi connectivity index (χ3v) is 5.04. The minimum Gasteiger partial charge on any atom is -0.355 e. The molecule has 0 spiro atoms. The van der Waals surface area contributed by atoms with Crippen molar-refractivity contribution in [1.82, 2.24) is 15.1 Å². The zero-order valence-corrected chi connectivity index (χ0v) is 14.9. The normalized spacial score (nSPS) is 20.2. The first-order chi connectivity index (χ1) is 11.0. The molecule has 0 atom stereocenters. The van der Waals surface area contributed by atoms with E-state index in [4.69, 9.17) is 0 Å². The smallest absolute Gasteiger partial charge is 0.234 e. The molecule has 2 rings (SSSR count). The van der Waals surface area contributed by atoms with Crippen LogP contribution in [0.1, 0.15) is 52.4 Å². The summed E-state index contributed by atoms with van der Waals surface area (Å²) < 4.78 is 0. The van der Waals surface area contributed by atoms with Crippen molar-refractivity contribution in [2.45, 2.75) is 52.4 Å². The number of piperazine rings is 1. The largest absolute Gasteiger partial charge is 0.355 e. The van der Waals surface area contributed by atoms with Gasteiger partial charge in [-0.25, -0.2) is 0 Å². The molecule has 132 valence electrons. The Morgan fingerprint density at radius 1 is 1.09 bits per heavy atom. The van der Waals surface area contributed by atoms with Crippen molar-refractivity contribution >= 4 is 11.8 Å². The maximum atomic E-state index is 12.3. The van der Waals surface area contributed by atoms with Crippen LogP contribution in [0.4, 0.5) is 0 Å². The molecule has 2 aliphatic rings. The maximum Gasteiger partial charge on any atom is 0.234 e. The molecule has 0 aromatic carbocycles. The van der Waals surface area contributed by atoms with Gasteiger partial charge in [0.15, 0.2) is 0 Å². The molecule has 0 unspecified atom stereocenters. The van der Waals surface area contributed by atoms with Crippen LogP contribution < -0.4 is 5.32 Å². The van der Waals surface area contributed by atoms with Gasteiger partial charge in [-0.2, -0.15) is 0 Å². The van der Waals surface area contributed by atoms with Crippen molar-refractivity contribution in [1.29, 1.82) is 0 Å². The minimum absolute atomic E-state index is 0.0970. The summed E-state index contributed by atoms with van der Waals surface area (Å²) in [5.74, 6) is 1.67. The van der Waals surface area contributed by atoms with Gasteiger partial charge < -0.3 is 10.2 Å². The Morgan fingerprint density at radius 2 is 1.74 bits per heavy atom. The van der Waals surface area contributed by atoms with Crippen LogP contribution in [0.2, 0.25) is 0 Å². The predicted octanol–water partition coefficient (Wildman–Crippen LogP) is 1.87. The molecule has 1 N–H and O–H groups in total. The fourth-order valence-corrected chi connectivity index (χ4v) is 3.52. The predicted molar refractivity (Wildman–Crippen MR) is 92.1 cm³/mol. The molecule has 5 nitrogen and oxygen atoms in total. The molecule has 5 heteroatoms. The summed E-state index contributed by atoms with van der Waals surface area (Å²) in [6, 6.07) is 0. The van der Waals surface area contributed by atoms with Gasteiger partial charge in [-0.05, 0) is 18.3 Å². The molecule has 2 amide bonds. The molecule has 1 heterocycles. The van der Waals surface area contributed by atoms with E-state index < -0.39 is 0 Å². The summed E-state index contributed by atoms with van der Waals surface area (Å²) >= 11 is 0. The third kappa shape index (κ3) is 6.50. The van der Waals surface area contributed by atoms with Crippen LogP contribution in [0, 0.1) is 11.8 Å². The Labute approximate surface area is 140 Å². The van der Waals surface area contributed by atoms with Crippen LogP contribution in [0.25, 0.3) is 0 Å². The quantitative estimate of drug-likeness (QED) is 0.778. The van der Waals surface area contributed by atoms with E-state index in [9.17, 15) is 9.59 Å². The standard InChI is InChI=1S/C18H33N3O2/c1-15(2)13-19-17(22)14-20-9-11-21(12-10-20)18(23)8-7-16-5-3-4-6-16/h15-16H,3-14H2,1-2H3,(H,19,22). The zero-order chi connectivity index (χ0) is 16.7. The molecular formula is C18H33N3O2. The molecule has 0 radical (unpaired) electrons. The number of hydrogen-bond donors (Lipinski definition) is 1. The molecule has 2 fully saturated rings. The van der Waals surface area contributed by atoms with Crippen LogP contribution in [0.5, 0.6) is 0 Å². The lowest BCUT2D eigenvalue weighted by Crippen LogP contribution is -2.51. The van der Waals surface area contributed by atoms with Crippen molar-refractivity contribution in [3.63, 3.8) is 0 Å². The summed E-state index contributed by atoms with van der Waals surface area (Å²) in [6.07, 6.45) is 7.09. The lowest BCUT2D eigenvalue weighted by molar-refractivity contribution is -0.133. The molecule has 1 aliphatic carbocycles. The monoisotopic (exact) mass is 323 g/mol. The fraction of sp³-hybridized carbons (Fsp3) is 0.889. The highest BCUT2D eigenvalue weighted by molar-refractivity contribution is 5.78. The van der Waals surface area contributed by atoms with E-state index in [1.807, 2.05) is 4.90 Å². The number of nitrogens with zero attached hydrogens (tertiary/aromatic N) is 2. The zero-order valence-electron chi connectivity index (χ0n) is 14.9. The van der Waals surface area contributed by atoms with E-state index >= 15 is 0 Å². The average molecular weight is 323 g/mol. The number of amides is 2. The van der Waals surface area contributed by atoms with Crippen LogP contribution in [0.3, 0.4) is 0 Å². The van der Waals surface area contributed by atoms with Gasteiger partial charge in [0.1, 0.15) is 0 Å². The molecule has 0 aromatic rings. The fourth-order valence-electron chi connectivity index (χ4n) is 3.52. The van der Waals surface area contributed by atoms with E-state index in [1.165, 1.54) is 25.7 Å². The Kier molecular flexibility index (Phi) is 7.34. The Morgan fingerprint density at radius 3 is 2.35 bits per heavy atom. The highest BCUT2D eigenvalue weighted by Crippen LogP contribution is 2.28. The third-order valence-electron chi connectivity index (χ3n) is 5.04. The summed E-state index contributed by atoms with van der Waals surface area (Å²) in [5.41, 5.74) is 0. The van der Waals surface area contributed by atoms with E-state index in [1.54, 1.807) is 0 Å². The van der Waals surface area contributed by atoms with Gasteiger partial charge in [-0.1, -0.05) is 39.5 Å². The molecule has 23 heavy (non-hydrogen) atoms. The van der Waals surface area contributed by atoms with E-state index in [2.05, 4.69) is 24.1 Å². The van der Waals surface area contributed by atoms with Gasteiger partial charge >= 0.3 is 0 Å². The molecular weight excluding hydrogens is 290 g/mol.